The standard InChI is InChI=1S/C14H20O3S/c1-3-13(12-8-5-4-6-9-12)14(15)10-7-11-18(2,16)17/h4-6,8-9,13H,3,7,10-11H2,1-2H3. The van der Waals surface area contributed by atoms with Crippen molar-refractivity contribution < 1.29 is 13.2 Å². The Morgan fingerprint density at radius 3 is 2.33 bits per heavy atom. The largest absolute Gasteiger partial charge is 0.299 e. The summed E-state index contributed by atoms with van der Waals surface area (Å²) in [5, 5.41) is 0. The quantitative estimate of drug-likeness (QED) is 0.763. The highest BCUT2D eigenvalue weighted by atomic mass is 32.2. The maximum atomic E-state index is 12.1. The molecule has 4 heteroatoms. The molecule has 0 aromatic heterocycles. The first-order valence-corrected chi connectivity index (χ1v) is 8.25. The summed E-state index contributed by atoms with van der Waals surface area (Å²) in [6, 6.07) is 9.65. The van der Waals surface area contributed by atoms with Crippen molar-refractivity contribution in [2.45, 2.75) is 32.1 Å². The lowest BCUT2D eigenvalue weighted by atomic mass is 9.90. The van der Waals surface area contributed by atoms with Gasteiger partial charge in [0, 0.05) is 18.6 Å². The number of carbonyl (C=O) groups excluding carboxylic acids is 1. The fourth-order valence-corrected chi connectivity index (χ4v) is 2.69. The first-order valence-electron chi connectivity index (χ1n) is 6.19. The molecule has 0 saturated heterocycles. The molecule has 0 aliphatic rings. The second kappa shape index (κ2) is 6.69. The predicted molar refractivity (Wildman–Crippen MR) is 73.4 cm³/mol. The van der Waals surface area contributed by atoms with Gasteiger partial charge in [0.1, 0.15) is 15.6 Å². The average Bonchev–Trinajstić information content (AvgIpc) is 2.29. The van der Waals surface area contributed by atoms with Gasteiger partial charge in [0.25, 0.3) is 0 Å². The van der Waals surface area contributed by atoms with Gasteiger partial charge in [0.05, 0.1) is 5.75 Å². The van der Waals surface area contributed by atoms with Crippen LogP contribution in [0.15, 0.2) is 30.3 Å². The SMILES string of the molecule is CCC(C(=O)CCCS(C)(=O)=O)c1ccccc1. The zero-order valence-corrected chi connectivity index (χ0v) is 11.7. The molecule has 0 aliphatic carbocycles. The van der Waals surface area contributed by atoms with Gasteiger partial charge in [0.2, 0.25) is 0 Å². The van der Waals surface area contributed by atoms with Crippen molar-refractivity contribution in [3.05, 3.63) is 35.9 Å². The number of hydrogen-bond donors (Lipinski definition) is 0. The van der Waals surface area contributed by atoms with E-state index in [2.05, 4.69) is 0 Å². The van der Waals surface area contributed by atoms with Crippen molar-refractivity contribution >= 4 is 15.6 Å². The van der Waals surface area contributed by atoms with Gasteiger partial charge in [-0.3, -0.25) is 4.79 Å². The Kier molecular flexibility index (Phi) is 5.54. The van der Waals surface area contributed by atoms with E-state index in [4.69, 9.17) is 0 Å². The van der Waals surface area contributed by atoms with E-state index in [0.717, 1.165) is 12.0 Å². The van der Waals surface area contributed by atoms with Crippen LogP contribution in [-0.4, -0.2) is 26.2 Å². The van der Waals surface area contributed by atoms with E-state index in [1.165, 1.54) is 6.26 Å². The van der Waals surface area contributed by atoms with Crippen molar-refractivity contribution in [1.82, 2.24) is 0 Å². The molecule has 0 fully saturated rings. The van der Waals surface area contributed by atoms with Gasteiger partial charge >= 0.3 is 0 Å². The molecule has 0 heterocycles. The number of benzene rings is 1. The van der Waals surface area contributed by atoms with Crippen molar-refractivity contribution in [2.75, 3.05) is 12.0 Å². The molecule has 1 atom stereocenters. The van der Waals surface area contributed by atoms with Gasteiger partial charge in [-0.15, -0.1) is 0 Å². The minimum absolute atomic E-state index is 0.0873. The second-order valence-electron chi connectivity index (χ2n) is 4.57. The van der Waals surface area contributed by atoms with Gasteiger partial charge in [0.15, 0.2) is 0 Å². The molecule has 1 unspecified atom stereocenters. The minimum atomic E-state index is -2.97. The van der Waals surface area contributed by atoms with Crippen LogP contribution in [0.5, 0.6) is 0 Å². The molecule has 1 rings (SSSR count). The van der Waals surface area contributed by atoms with E-state index >= 15 is 0 Å². The molecule has 0 saturated carbocycles. The third kappa shape index (κ3) is 5.00. The van der Waals surface area contributed by atoms with E-state index in [-0.39, 0.29) is 17.5 Å². The molecule has 100 valence electrons. The topological polar surface area (TPSA) is 51.2 Å². The molecular weight excluding hydrogens is 248 g/mol. The fourth-order valence-electron chi connectivity index (χ4n) is 2.02. The number of rotatable bonds is 7. The van der Waals surface area contributed by atoms with Gasteiger partial charge < -0.3 is 0 Å². The highest BCUT2D eigenvalue weighted by Crippen LogP contribution is 2.22. The summed E-state index contributed by atoms with van der Waals surface area (Å²) in [7, 11) is -2.97. The lowest BCUT2D eigenvalue weighted by Gasteiger charge is -2.13. The average molecular weight is 268 g/mol. The van der Waals surface area contributed by atoms with E-state index in [1.807, 2.05) is 37.3 Å². The normalized spacial score (nSPS) is 13.2. The van der Waals surface area contributed by atoms with Gasteiger partial charge in [-0.1, -0.05) is 37.3 Å². The van der Waals surface area contributed by atoms with Gasteiger partial charge in [-0.25, -0.2) is 8.42 Å². The first kappa shape index (κ1) is 14.9. The first-order chi connectivity index (χ1) is 8.44. The third-order valence-corrected chi connectivity index (χ3v) is 3.97. The summed E-state index contributed by atoms with van der Waals surface area (Å²) in [6.45, 7) is 1.98. The number of hydrogen-bond acceptors (Lipinski definition) is 3. The van der Waals surface area contributed by atoms with Crippen LogP contribution in [-0.2, 0) is 14.6 Å². The van der Waals surface area contributed by atoms with Crippen LogP contribution in [0.4, 0.5) is 0 Å². The molecule has 0 aliphatic heterocycles. The lowest BCUT2D eigenvalue weighted by Crippen LogP contribution is -2.13. The lowest BCUT2D eigenvalue weighted by molar-refractivity contribution is -0.120. The van der Waals surface area contributed by atoms with Crippen LogP contribution in [0.25, 0.3) is 0 Å². The number of ketones is 1. The Labute approximate surface area is 109 Å². The van der Waals surface area contributed by atoms with Crippen LogP contribution in [0, 0.1) is 0 Å². The molecule has 1 aromatic carbocycles. The Balaban J connectivity index is 2.59. The zero-order chi connectivity index (χ0) is 13.6. The zero-order valence-electron chi connectivity index (χ0n) is 10.9. The van der Waals surface area contributed by atoms with Crippen LogP contribution in [0.1, 0.15) is 37.7 Å². The summed E-state index contributed by atoms with van der Waals surface area (Å²) in [5.74, 6) is 0.113. The molecule has 18 heavy (non-hydrogen) atoms. The van der Waals surface area contributed by atoms with Crippen LogP contribution in [0.2, 0.25) is 0 Å². The molecule has 1 aromatic rings. The smallest absolute Gasteiger partial charge is 0.147 e. The Morgan fingerprint density at radius 1 is 1.22 bits per heavy atom. The Bertz CT molecular complexity index is 477. The Hall–Kier alpha value is -1.16. The second-order valence-corrected chi connectivity index (χ2v) is 6.83. The van der Waals surface area contributed by atoms with Crippen molar-refractivity contribution in [3.8, 4) is 0 Å². The maximum absolute atomic E-state index is 12.1. The van der Waals surface area contributed by atoms with E-state index < -0.39 is 9.84 Å². The summed E-state index contributed by atoms with van der Waals surface area (Å²) < 4.78 is 22.0. The van der Waals surface area contributed by atoms with Crippen LogP contribution < -0.4 is 0 Å². The highest BCUT2D eigenvalue weighted by molar-refractivity contribution is 7.90. The van der Waals surface area contributed by atoms with E-state index in [0.29, 0.717) is 12.8 Å². The van der Waals surface area contributed by atoms with E-state index in [1.54, 1.807) is 0 Å². The van der Waals surface area contributed by atoms with Crippen LogP contribution in [0.3, 0.4) is 0 Å². The number of sulfone groups is 1. The molecule has 0 N–H and O–H groups in total. The number of Topliss-reactive ketones (excluding diaryl/α,β-unsaturated/α-hetero) is 1. The number of carbonyl (C=O) groups is 1. The molecule has 0 bridgehead atoms. The maximum Gasteiger partial charge on any atom is 0.147 e. The molecule has 0 spiro atoms. The summed E-state index contributed by atoms with van der Waals surface area (Å²) in [4.78, 5) is 12.1. The summed E-state index contributed by atoms with van der Waals surface area (Å²) in [5.41, 5.74) is 1.02. The van der Waals surface area contributed by atoms with Gasteiger partial charge in [-0.2, -0.15) is 0 Å². The fraction of sp³-hybridized carbons (Fsp3) is 0.500. The highest BCUT2D eigenvalue weighted by Gasteiger charge is 2.18. The van der Waals surface area contributed by atoms with Gasteiger partial charge in [-0.05, 0) is 18.4 Å². The molecule has 0 amide bonds. The minimum Gasteiger partial charge on any atom is -0.299 e. The molecule has 0 radical (unpaired) electrons. The van der Waals surface area contributed by atoms with Crippen LogP contribution >= 0.6 is 0 Å². The predicted octanol–water partition coefficient (Wildman–Crippen LogP) is 2.57. The monoisotopic (exact) mass is 268 g/mol. The Morgan fingerprint density at radius 2 is 1.83 bits per heavy atom. The molecular formula is C14H20O3S. The summed E-state index contributed by atoms with van der Waals surface area (Å²) in [6.07, 6.45) is 2.70. The van der Waals surface area contributed by atoms with Crippen molar-refractivity contribution in [2.24, 2.45) is 0 Å². The third-order valence-electron chi connectivity index (χ3n) is 2.94. The summed E-state index contributed by atoms with van der Waals surface area (Å²) >= 11 is 0. The van der Waals surface area contributed by atoms with E-state index in [9.17, 15) is 13.2 Å². The molecule has 3 nitrogen and oxygen atoms in total. The van der Waals surface area contributed by atoms with Crippen molar-refractivity contribution in [1.29, 1.82) is 0 Å². The van der Waals surface area contributed by atoms with Crippen molar-refractivity contribution in [3.63, 3.8) is 0 Å².